The molecule has 1 N–H and O–H groups in total. The van der Waals surface area contributed by atoms with Crippen LogP contribution in [0.5, 0.6) is 0 Å². The van der Waals surface area contributed by atoms with Gasteiger partial charge in [0.2, 0.25) is 0 Å². The van der Waals surface area contributed by atoms with Crippen molar-refractivity contribution in [3.05, 3.63) is 35.9 Å². The predicted molar refractivity (Wildman–Crippen MR) is 71.4 cm³/mol. The van der Waals surface area contributed by atoms with E-state index < -0.39 is 5.97 Å². The number of hydrogen-bond acceptors (Lipinski definition) is 3. The smallest absolute Gasteiger partial charge is 0.306 e. The molecular weight excluding hydrogens is 244 g/mol. The molecule has 0 heterocycles. The van der Waals surface area contributed by atoms with E-state index in [1.165, 1.54) is 0 Å². The van der Waals surface area contributed by atoms with E-state index in [0.29, 0.717) is 0 Å². The first-order chi connectivity index (χ1) is 8.99. The van der Waals surface area contributed by atoms with E-state index in [1.54, 1.807) is 0 Å². The predicted octanol–water partition coefficient (Wildman–Crippen LogP) is 2.87. The van der Waals surface area contributed by atoms with Gasteiger partial charge in [0.1, 0.15) is 6.61 Å². The normalized spacial score (nSPS) is 12.2. The number of carboxylic acids is 1. The summed E-state index contributed by atoms with van der Waals surface area (Å²) >= 11 is 0. The van der Waals surface area contributed by atoms with Crippen molar-refractivity contribution in [2.45, 2.75) is 33.3 Å². The highest BCUT2D eigenvalue weighted by Crippen LogP contribution is 2.20. The first kappa shape index (κ1) is 15.2. The van der Waals surface area contributed by atoms with Gasteiger partial charge in [-0.05, 0) is 17.4 Å². The van der Waals surface area contributed by atoms with Gasteiger partial charge in [0, 0.05) is 12.8 Å². The first-order valence-corrected chi connectivity index (χ1v) is 6.40. The summed E-state index contributed by atoms with van der Waals surface area (Å²) < 4.78 is 5.16. The highest BCUT2D eigenvalue weighted by atomic mass is 16.5. The summed E-state index contributed by atoms with van der Waals surface area (Å²) in [6, 6.07) is 9.41. The molecule has 1 aromatic rings. The van der Waals surface area contributed by atoms with Crippen molar-refractivity contribution in [3.8, 4) is 0 Å². The summed E-state index contributed by atoms with van der Waals surface area (Å²) in [6.45, 7) is 4.06. The Morgan fingerprint density at radius 1 is 1.16 bits per heavy atom. The molecule has 0 aliphatic rings. The van der Waals surface area contributed by atoms with Gasteiger partial charge in [-0.25, -0.2) is 0 Å². The van der Waals surface area contributed by atoms with Crippen LogP contribution in [0.15, 0.2) is 30.3 Å². The molecule has 1 atom stereocenters. The fourth-order valence-electron chi connectivity index (χ4n) is 1.78. The van der Waals surface area contributed by atoms with Crippen molar-refractivity contribution in [2.75, 3.05) is 0 Å². The zero-order chi connectivity index (χ0) is 14.3. The minimum atomic E-state index is -0.880. The molecule has 0 saturated heterocycles. The van der Waals surface area contributed by atoms with Crippen LogP contribution in [0, 0.1) is 11.8 Å². The van der Waals surface area contributed by atoms with E-state index >= 15 is 0 Å². The summed E-state index contributed by atoms with van der Waals surface area (Å²) in [5, 5.41) is 8.80. The second kappa shape index (κ2) is 7.56. The topological polar surface area (TPSA) is 63.6 Å². The Hall–Kier alpha value is -1.84. The standard InChI is InChI=1S/C15H20O4/c1-11(2)13(8-14(16)17)9-15(18)19-10-12-6-4-3-5-7-12/h3-7,11,13H,8-10H2,1-2H3,(H,16,17)/t13-/m0/s1. The third-order valence-electron chi connectivity index (χ3n) is 3.05. The van der Waals surface area contributed by atoms with Crippen LogP contribution in [0.25, 0.3) is 0 Å². The lowest BCUT2D eigenvalue weighted by molar-refractivity contribution is -0.147. The molecule has 0 bridgehead atoms. The van der Waals surface area contributed by atoms with E-state index in [4.69, 9.17) is 9.84 Å². The van der Waals surface area contributed by atoms with E-state index in [1.807, 2.05) is 44.2 Å². The number of aliphatic carboxylic acids is 1. The van der Waals surface area contributed by atoms with Gasteiger partial charge in [0.15, 0.2) is 0 Å². The van der Waals surface area contributed by atoms with Crippen molar-refractivity contribution < 1.29 is 19.4 Å². The monoisotopic (exact) mass is 264 g/mol. The number of benzene rings is 1. The first-order valence-electron chi connectivity index (χ1n) is 6.40. The molecule has 4 heteroatoms. The quantitative estimate of drug-likeness (QED) is 0.769. The minimum Gasteiger partial charge on any atom is -0.481 e. The van der Waals surface area contributed by atoms with Crippen molar-refractivity contribution in [3.63, 3.8) is 0 Å². The van der Waals surface area contributed by atoms with Crippen molar-refractivity contribution in [1.29, 1.82) is 0 Å². The van der Waals surface area contributed by atoms with E-state index in [0.717, 1.165) is 5.56 Å². The maximum atomic E-state index is 11.7. The number of carboxylic acid groups (broad SMARTS) is 1. The molecule has 1 rings (SSSR count). The zero-order valence-electron chi connectivity index (χ0n) is 11.3. The second-order valence-electron chi connectivity index (χ2n) is 4.95. The van der Waals surface area contributed by atoms with E-state index in [9.17, 15) is 9.59 Å². The molecule has 0 amide bonds. The maximum absolute atomic E-state index is 11.7. The molecule has 1 aromatic carbocycles. The number of carbonyl (C=O) groups excluding carboxylic acids is 1. The number of rotatable bonds is 7. The number of hydrogen-bond donors (Lipinski definition) is 1. The van der Waals surface area contributed by atoms with Crippen LogP contribution in [-0.2, 0) is 20.9 Å². The Morgan fingerprint density at radius 2 is 1.79 bits per heavy atom. The minimum absolute atomic E-state index is 0.00188. The van der Waals surface area contributed by atoms with Gasteiger partial charge in [-0.15, -0.1) is 0 Å². The summed E-state index contributed by atoms with van der Waals surface area (Å²) in [5.41, 5.74) is 0.926. The van der Waals surface area contributed by atoms with Crippen LogP contribution in [0.2, 0.25) is 0 Å². The van der Waals surface area contributed by atoms with Gasteiger partial charge in [0.05, 0.1) is 0 Å². The molecule has 0 unspecified atom stereocenters. The number of carbonyl (C=O) groups is 2. The van der Waals surface area contributed by atoms with E-state index in [-0.39, 0.29) is 37.3 Å². The lowest BCUT2D eigenvalue weighted by Crippen LogP contribution is -2.19. The van der Waals surface area contributed by atoms with Crippen molar-refractivity contribution >= 4 is 11.9 Å². The molecule has 104 valence electrons. The Balaban J connectivity index is 2.42. The Labute approximate surface area is 113 Å². The SMILES string of the molecule is CC(C)[C@@H](CC(=O)O)CC(=O)OCc1ccccc1. The number of esters is 1. The Kier molecular flexibility index (Phi) is 6.06. The van der Waals surface area contributed by atoms with Crippen LogP contribution in [-0.4, -0.2) is 17.0 Å². The number of ether oxygens (including phenoxy) is 1. The van der Waals surface area contributed by atoms with Crippen LogP contribution in [0.4, 0.5) is 0 Å². The third-order valence-corrected chi connectivity index (χ3v) is 3.05. The summed E-state index contributed by atoms with van der Waals surface area (Å²) in [5.74, 6) is -1.26. The van der Waals surface area contributed by atoms with Gasteiger partial charge >= 0.3 is 11.9 Å². The van der Waals surface area contributed by atoms with Crippen LogP contribution < -0.4 is 0 Å². The fourth-order valence-corrected chi connectivity index (χ4v) is 1.78. The summed E-state index contributed by atoms with van der Waals surface area (Å²) in [6.07, 6.45) is 0.148. The van der Waals surface area contributed by atoms with Crippen molar-refractivity contribution in [2.24, 2.45) is 11.8 Å². The zero-order valence-corrected chi connectivity index (χ0v) is 11.3. The molecular formula is C15H20O4. The summed E-state index contributed by atoms with van der Waals surface area (Å²) in [4.78, 5) is 22.4. The van der Waals surface area contributed by atoms with Crippen LogP contribution >= 0.6 is 0 Å². The highest BCUT2D eigenvalue weighted by molar-refractivity contribution is 5.72. The molecule has 0 radical (unpaired) electrons. The molecule has 0 aliphatic carbocycles. The molecule has 0 spiro atoms. The second-order valence-corrected chi connectivity index (χ2v) is 4.95. The highest BCUT2D eigenvalue weighted by Gasteiger charge is 2.21. The largest absolute Gasteiger partial charge is 0.481 e. The van der Waals surface area contributed by atoms with Gasteiger partial charge < -0.3 is 9.84 Å². The Bertz CT molecular complexity index is 411. The molecule has 4 nitrogen and oxygen atoms in total. The molecule has 0 aromatic heterocycles. The van der Waals surface area contributed by atoms with Gasteiger partial charge in [0.25, 0.3) is 0 Å². The Morgan fingerprint density at radius 3 is 2.32 bits per heavy atom. The summed E-state index contributed by atoms with van der Waals surface area (Å²) in [7, 11) is 0. The lowest BCUT2D eigenvalue weighted by Gasteiger charge is -2.17. The van der Waals surface area contributed by atoms with Crippen LogP contribution in [0.3, 0.4) is 0 Å². The fraction of sp³-hybridized carbons (Fsp3) is 0.467. The molecule has 0 fully saturated rings. The van der Waals surface area contributed by atoms with Gasteiger partial charge in [-0.1, -0.05) is 44.2 Å². The van der Waals surface area contributed by atoms with Crippen LogP contribution in [0.1, 0.15) is 32.3 Å². The average molecular weight is 264 g/mol. The van der Waals surface area contributed by atoms with Gasteiger partial charge in [-0.3, -0.25) is 9.59 Å². The molecule has 19 heavy (non-hydrogen) atoms. The third kappa shape index (κ3) is 6.04. The maximum Gasteiger partial charge on any atom is 0.306 e. The molecule has 0 saturated carbocycles. The van der Waals surface area contributed by atoms with E-state index in [2.05, 4.69) is 0 Å². The molecule has 0 aliphatic heterocycles. The average Bonchev–Trinajstić information content (AvgIpc) is 2.36. The lowest BCUT2D eigenvalue weighted by atomic mass is 9.89. The van der Waals surface area contributed by atoms with Gasteiger partial charge in [-0.2, -0.15) is 0 Å². The van der Waals surface area contributed by atoms with Crippen molar-refractivity contribution in [1.82, 2.24) is 0 Å².